The van der Waals surface area contributed by atoms with Gasteiger partial charge in [0.05, 0.1) is 13.7 Å². The van der Waals surface area contributed by atoms with Gasteiger partial charge in [-0.3, -0.25) is 4.90 Å². The lowest BCUT2D eigenvalue weighted by molar-refractivity contribution is 0.150. The minimum atomic E-state index is 0.180. The van der Waals surface area contributed by atoms with Crippen LogP contribution in [0.25, 0.3) is 0 Å². The fraction of sp³-hybridized carbons (Fsp3) is 0.368. The van der Waals surface area contributed by atoms with Gasteiger partial charge in [0, 0.05) is 19.1 Å². The van der Waals surface area contributed by atoms with E-state index in [1.54, 1.807) is 7.11 Å². The Labute approximate surface area is 133 Å². The van der Waals surface area contributed by atoms with Crippen LogP contribution in [0, 0.1) is 0 Å². The van der Waals surface area contributed by atoms with Crippen LogP contribution in [-0.4, -0.2) is 36.3 Å². The van der Waals surface area contributed by atoms with Crippen LogP contribution in [0.5, 0.6) is 5.75 Å². The first-order valence-electron chi connectivity index (χ1n) is 7.74. The van der Waals surface area contributed by atoms with Crippen molar-refractivity contribution in [1.82, 2.24) is 4.90 Å². The van der Waals surface area contributed by atoms with E-state index in [-0.39, 0.29) is 6.61 Å². The maximum Gasteiger partial charge on any atom is 0.118 e. The molecule has 118 valence electrons. The summed E-state index contributed by atoms with van der Waals surface area (Å²) in [5.41, 5.74) is 2.56. The molecule has 2 aromatic rings. The van der Waals surface area contributed by atoms with Crippen molar-refractivity contribution < 1.29 is 9.84 Å². The predicted molar refractivity (Wildman–Crippen MR) is 90.1 cm³/mol. The van der Waals surface area contributed by atoms with Crippen LogP contribution < -0.4 is 4.74 Å². The van der Waals surface area contributed by atoms with E-state index in [4.69, 9.17) is 4.74 Å². The second-order valence-electron chi connectivity index (χ2n) is 5.58. The molecule has 22 heavy (non-hydrogen) atoms. The highest BCUT2D eigenvalue weighted by Crippen LogP contribution is 2.16. The van der Waals surface area contributed by atoms with E-state index in [0.29, 0.717) is 12.6 Å². The van der Waals surface area contributed by atoms with E-state index in [1.807, 2.05) is 18.2 Å². The van der Waals surface area contributed by atoms with Crippen LogP contribution in [0.1, 0.15) is 18.1 Å². The molecule has 0 radical (unpaired) electrons. The topological polar surface area (TPSA) is 32.7 Å². The SMILES string of the molecule is COc1ccc(C[C@@H](C)N(CCO)Cc2ccccc2)cc1. The summed E-state index contributed by atoms with van der Waals surface area (Å²) in [5, 5.41) is 9.34. The highest BCUT2D eigenvalue weighted by Gasteiger charge is 2.14. The molecule has 0 unspecified atom stereocenters. The van der Waals surface area contributed by atoms with Crippen LogP contribution in [0.4, 0.5) is 0 Å². The maximum absolute atomic E-state index is 9.34. The molecule has 0 aliphatic rings. The lowest BCUT2D eigenvalue weighted by Crippen LogP contribution is -2.36. The molecule has 0 saturated carbocycles. The van der Waals surface area contributed by atoms with Crippen molar-refractivity contribution in [2.45, 2.75) is 25.9 Å². The molecule has 0 bridgehead atoms. The van der Waals surface area contributed by atoms with Gasteiger partial charge in [0.1, 0.15) is 5.75 Å². The van der Waals surface area contributed by atoms with E-state index in [2.05, 4.69) is 48.2 Å². The fourth-order valence-electron chi connectivity index (χ4n) is 2.63. The number of hydrogen-bond donors (Lipinski definition) is 1. The lowest BCUT2D eigenvalue weighted by atomic mass is 10.0. The van der Waals surface area contributed by atoms with E-state index in [9.17, 15) is 5.11 Å². The van der Waals surface area contributed by atoms with Crippen LogP contribution >= 0.6 is 0 Å². The van der Waals surface area contributed by atoms with Crippen molar-refractivity contribution >= 4 is 0 Å². The largest absolute Gasteiger partial charge is 0.497 e. The van der Waals surface area contributed by atoms with Crippen molar-refractivity contribution in [3.8, 4) is 5.75 Å². The molecule has 2 aromatic carbocycles. The fourth-order valence-corrected chi connectivity index (χ4v) is 2.63. The standard InChI is InChI=1S/C19H25NO2/c1-16(14-17-8-10-19(22-2)11-9-17)20(12-13-21)15-18-6-4-3-5-7-18/h3-11,16,21H,12-15H2,1-2H3/t16-/m1/s1. The smallest absolute Gasteiger partial charge is 0.118 e. The van der Waals surface area contributed by atoms with Crippen LogP contribution in [0.3, 0.4) is 0 Å². The van der Waals surface area contributed by atoms with E-state index in [1.165, 1.54) is 11.1 Å². The lowest BCUT2D eigenvalue weighted by Gasteiger charge is -2.28. The number of aliphatic hydroxyl groups is 1. The molecule has 0 spiro atoms. The molecule has 0 heterocycles. The molecular formula is C19H25NO2. The molecule has 0 aliphatic heterocycles. The molecular weight excluding hydrogens is 274 g/mol. The summed E-state index contributed by atoms with van der Waals surface area (Å²) in [7, 11) is 1.68. The average Bonchev–Trinajstić information content (AvgIpc) is 2.56. The van der Waals surface area contributed by atoms with E-state index < -0.39 is 0 Å². The second-order valence-corrected chi connectivity index (χ2v) is 5.58. The summed E-state index contributed by atoms with van der Waals surface area (Å²) in [4.78, 5) is 2.32. The molecule has 1 N–H and O–H groups in total. The Balaban J connectivity index is 2.00. The summed E-state index contributed by atoms with van der Waals surface area (Å²) < 4.78 is 5.20. The molecule has 0 aromatic heterocycles. The highest BCUT2D eigenvalue weighted by atomic mass is 16.5. The third kappa shape index (κ3) is 4.86. The first-order chi connectivity index (χ1) is 10.7. The number of aliphatic hydroxyl groups excluding tert-OH is 1. The molecule has 3 nitrogen and oxygen atoms in total. The number of benzene rings is 2. The molecule has 3 heteroatoms. The van der Waals surface area contributed by atoms with Crippen molar-refractivity contribution in [3.05, 3.63) is 65.7 Å². The highest BCUT2D eigenvalue weighted by molar-refractivity contribution is 5.27. The third-order valence-corrected chi connectivity index (χ3v) is 3.93. The summed E-state index contributed by atoms with van der Waals surface area (Å²) in [5.74, 6) is 0.882. The van der Waals surface area contributed by atoms with Crippen LogP contribution in [0.15, 0.2) is 54.6 Å². The van der Waals surface area contributed by atoms with Gasteiger partial charge in [0.25, 0.3) is 0 Å². The minimum Gasteiger partial charge on any atom is -0.497 e. The van der Waals surface area contributed by atoms with Gasteiger partial charge in [-0.15, -0.1) is 0 Å². The van der Waals surface area contributed by atoms with Crippen LogP contribution in [-0.2, 0) is 13.0 Å². The summed E-state index contributed by atoms with van der Waals surface area (Å²) in [6.07, 6.45) is 0.955. The van der Waals surface area contributed by atoms with E-state index >= 15 is 0 Å². The minimum absolute atomic E-state index is 0.180. The molecule has 2 rings (SSSR count). The van der Waals surface area contributed by atoms with Gasteiger partial charge < -0.3 is 9.84 Å². The van der Waals surface area contributed by atoms with Gasteiger partial charge in [-0.1, -0.05) is 42.5 Å². The number of nitrogens with zero attached hydrogens (tertiary/aromatic N) is 1. The van der Waals surface area contributed by atoms with Crippen molar-refractivity contribution in [3.63, 3.8) is 0 Å². The van der Waals surface area contributed by atoms with E-state index in [0.717, 1.165) is 18.7 Å². The van der Waals surface area contributed by atoms with Gasteiger partial charge in [-0.25, -0.2) is 0 Å². The molecule has 0 fully saturated rings. The predicted octanol–water partition coefficient (Wildman–Crippen LogP) is 3.12. The van der Waals surface area contributed by atoms with Crippen molar-refractivity contribution in [2.24, 2.45) is 0 Å². The van der Waals surface area contributed by atoms with Gasteiger partial charge in [0.2, 0.25) is 0 Å². The molecule has 0 aliphatic carbocycles. The quantitative estimate of drug-likeness (QED) is 0.813. The molecule has 0 saturated heterocycles. The number of ether oxygens (including phenoxy) is 1. The number of rotatable bonds is 8. The second kappa shape index (κ2) is 8.57. The Hall–Kier alpha value is -1.84. The Morgan fingerprint density at radius 2 is 1.68 bits per heavy atom. The molecule has 1 atom stereocenters. The average molecular weight is 299 g/mol. The Morgan fingerprint density at radius 3 is 2.27 bits per heavy atom. The van der Waals surface area contributed by atoms with Gasteiger partial charge in [0.15, 0.2) is 0 Å². The zero-order valence-corrected chi connectivity index (χ0v) is 13.4. The van der Waals surface area contributed by atoms with Crippen molar-refractivity contribution in [2.75, 3.05) is 20.3 Å². The monoisotopic (exact) mass is 299 g/mol. The summed E-state index contributed by atoms with van der Waals surface area (Å²) in [6.45, 7) is 3.94. The van der Waals surface area contributed by atoms with Gasteiger partial charge in [-0.2, -0.15) is 0 Å². The van der Waals surface area contributed by atoms with Gasteiger partial charge >= 0.3 is 0 Å². The number of hydrogen-bond acceptors (Lipinski definition) is 3. The zero-order valence-electron chi connectivity index (χ0n) is 13.4. The summed E-state index contributed by atoms with van der Waals surface area (Å²) in [6, 6.07) is 19.0. The van der Waals surface area contributed by atoms with Gasteiger partial charge in [-0.05, 0) is 36.6 Å². The number of methoxy groups -OCH3 is 1. The van der Waals surface area contributed by atoms with Crippen LogP contribution in [0.2, 0.25) is 0 Å². The third-order valence-electron chi connectivity index (χ3n) is 3.93. The Kier molecular flexibility index (Phi) is 6.44. The Bertz CT molecular complexity index is 539. The normalized spacial score (nSPS) is 12.4. The first-order valence-corrected chi connectivity index (χ1v) is 7.74. The van der Waals surface area contributed by atoms with Crippen molar-refractivity contribution in [1.29, 1.82) is 0 Å². The summed E-state index contributed by atoms with van der Waals surface area (Å²) >= 11 is 0. The Morgan fingerprint density at radius 1 is 1.00 bits per heavy atom. The zero-order chi connectivity index (χ0) is 15.8. The maximum atomic E-state index is 9.34. The first kappa shape index (κ1) is 16.5. The molecule has 0 amide bonds.